The van der Waals surface area contributed by atoms with Crippen LogP contribution in [0, 0.1) is 0 Å². The predicted octanol–water partition coefficient (Wildman–Crippen LogP) is 2.16. The maximum Gasteiger partial charge on any atom is 0.417 e. The van der Waals surface area contributed by atoms with E-state index >= 15 is 0 Å². The Morgan fingerprint density at radius 1 is 1.13 bits per heavy atom. The second-order valence-electron chi connectivity index (χ2n) is 7.67. The van der Waals surface area contributed by atoms with Gasteiger partial charge in [-0.05, 0) is 25.1 Å². The summed E-state index contributed by atoms with van der Waals surface area (Å²) in [7, 11) is 0. The van der Waals surface area contributed by atoms with E-state index in [2.05, 4.69) is 10.2 Å². The van der Waals surface area contributed by atoms with Gasteiger partial charge in [0.2, 0.25) is 11.8 Å². The Morgan fingerprint density at radius 3 is 2.39 bits per heavy atom. The number of anilines is 1. The highest BCUT2D eigenvalue weighted by molar-refractivity contribution is 6.31. The molecular formula is C20H26ClF3N4O3. The number of carbonyl (C=O) groups excluding carboxylic acids is 2. The third-order valence-corrected chi connectivity index (χ3v) is 5.89. The van der Waals surface area contributed by atoms with Crippen molar-refractivity contribution in [3.05, 3.63) is 28.8 Å². The number of morpholine rings is 1. The fourth-order valence-electron chi connectivity index (χ4n) is 3.74. The van der Waals surface area contributed by atoms with Crippen LogP contribution in [-0.2, 0) is 20.5 Å². The third-order valence-electron chi connectivity index (χ3n) is 5.56. The summed E-state index contributed by atoms with van der Waals surface area (Å²) in [6.45, 7) is 6.69. The molecule has 0 spiro atoms. The van der Waals surface area contributed by atoms with Gasteiger partial charge in [-0.1, -0.05) is 11.6 Å². The average Bonchev–Trinajstić information content (AvgIpc) is 2.74. The van der Waals surface area contributed by atoms with Crippen LogP contribution in [0.4, 0.5) is 18.9 Å². The molecule has 0 radical (unpaired) electrons. The normalized spacial score (nSPS) is 19.8. The molecule has 7 nitrogen and oxygen atoms in total. The number of benzene rings is 1. The largest absolute Gasteiger partial charge is 0.417 e. The van der Waals surface area contributed by atoms with Gasteiger partial charge in [0.15, 0.2) is 0 Å². The van der Waals surface area contributed by atoms with Crippen LogP contribution in [0.2, 0.25) is 5.02 Å². The van der Waals surface area contributed by atoms with E-state index in [0.29, 0.717) is 52.5 Å². The van der Waals surface area contributed by atoms with Crippen molar-refractivity contribution in [2.75, 3.05) is 64.3 Å². The molecule has 0 aliphatic carbocycles. The van der Waals surface area contributed by atoms with Crippen LogP contribution in [0.15, 0.2) is 18.2 Å². The Bertz CT molecular complexity index is 794. The quantitative estimate of drug-likeness (QED) is 0.726. The molecule has 172 valence electrons. The summed E-state index contributed by atoms with van der Waals surface area (Å²) in [4.78, 5) is 30.8. The van der Waals surface area contributed by atoms with Gasteiger partial charge in [0.1, 0.15) is 0 Å². The maximum absolute atomic E-state index is 13.0. The van der Waals surface area contributed by atoms with Gasteiger partial charge >= 0.3 is 6.18 Å². The summed E-state index contributed by atoms with van der Waals surface area (Å²) in [6.07, 6.45) is -4.59. The first-order valence-corrected chi connectivity index (χ1v) is 10.5. The van der Waals surface area contributed by atoms with Gasteiger partial charge in [-0.25, -0.2) is 0 Å². The molecular weight excluding hydrogens is 437 g/mol. The maximum atomic E-state index is 13.0. The highest BCUT2D eigenvalue weighted by Gasteiger charge is 2.34. The molecule has 2 aliphatic heterocycles. The first-order valence-electron chi connectivity index (χ1n) is 10.1. The Morgan fingerprint density at radius 2 is 1.77 bits per heavy atom. The van der Waals surface area contributed by atoms with Gasteiger partial charge in [0, 0.05) is 45.0 Å². The van der Waals surface area contributed by atoms with E-state index < -0.39 is 22.7 Å². The number of nitrogens with zero attached hydrogens (tertiary/aromatic N) is 3. The Balaban J connectivity index is 1.47. The standard InChI is InChI=1S/C20H26ClF3N4O3/c1-14(19(30)28-8-10-31-11-9-28)27-6-4-26(5-7-27)13-18(29)25-15-2-3-17(21)16(12-15)20(22,23)24/h2-3,12,14H,4-11,13H2,1H3,(H,25,29). The lowest BCUT2D eigenvalue weighted by molar-refractivity contribution is -0.141. The molecule has 1 unspecified atom stereocenters. The summed E-state index contributed by atoms with van der Waals surface area (Å²) < 4.78 is 44.2. The molecule has 2 fully saturated rings. The number of halogens is 4. The third kappa shape index (κ3) is 6.31. The molecule has 1 N–H and O–H groups in total. The number of hydrogen-bond acceptors (Lipinski definition) is 5. The van der Waals surface area contributed by atoms with E-state index in [-0.39, 0.29) is 24.2 Å². The number of ether oxygens (including phenoxy) is 1. The summed E-state index contributed by atoms with van der Waals surface area (Å²) in [5.74, 6) is -0.320. The molecule has 0 saturated carbocycles. The minimum absolute atomic E-state index is 0.0464. The van der Waals surface area contributed by atoms with Crippen molar-refractivity contribution in [3.8, 4) is 0 Å². The molecule has 3 rings (SSSR count). The second kappa shape index (κ2) is 10.2. The highest BCUT2D eigenvalue weighted by Crippen LogP contribution is 2.36. The van der Waals surface area contributed by atoms with Crippen LogP contribution in [0.1, 0.15) is 12.5 Å². The zero-order chi connectivity index (χ0) is 22.6. The van der Waals surface area contributed by atoms with Crippen LogP contribution < -0.4 is 5.32 Å². The van der Waals surface area contributed by atoms with Crippen molar-refractivity contribution in [1.29, 1.82) is 0 Å². The van der Waals surface area contributed by atoms with Crippen LogP contribution in [0.3, 0.4) is 0 Å². The number of rotatable bonds is 5. The fraction of sp³-hybridized carbons (Fsp3) is 0.600. The first kappa shape index (κ1) is 23.8. The number of amides is 2. The van der Waals surface area contributed by atoms with Crippen molar-refractivity contribution < 1.29 is 27.5 Å². The zero-order valence-electron chi connectivity index (χ0n) is 17.3. The van der Waals surface area contributed by atoms with Crippen molar-refractivity contribution in [3.63, 3.8) is 0 Å². The lowest BCUT2D eigenvalue weighted by Crippen LogP contribution is -2.56. The lowest BCUT2D eigenvalue weighted by Gasteiger charge is -2.39. The van der Waals surface area contributed by atoms with Gasteiger partial charge in [0.25, 0.3) is 0 Å². The summed E-state index contributed by atoms with van der Waals surface area (Å²) in [6, 6.07) is 3.04. The van der Waals surface area contributed by atoms with Gasteiger partial charge in [-0.3, -0.25) is 19.4 Å². The van der Waals surface area contributed by atoms with Crippen LogP contribution >= 0.6 is 11.6 Å². The summed E-state index contributed by atoms with van der Waals surface area (Å²) >= 11 is 5.61. The molecule has 0 bridgehead atoms. The molecule has 1 aromatic rings. The van der Waals surface area contributed by atoms with E-state index in [0.717, 1.165) is 12.1 Å². The number of nitrogens with one attached hydrogen (secondary N) is 1. The van der Waals surface area contributed by atoms with Gasteiger partial charge in [0.05, 0.1) is 36.4 Å². The fourth-order valence-corrected chi connectivity index (χ4v) is 3.96. The molecule has 2 saturated heterocycles. The van der Waals surface area contributed by atoms with E-state index in [1.54, 1.807) is 0 Å². The second-order valence-corrected chi connectivity index (χ2v) is 8.07. The lowest BCUT2D eigenvalue weighted by atomic mass is 10.2. The van der Waals surface area contributed by atoms with Crippen molar-refractivity contribution in [1.82, 2.24) is 14.7 Å². The summed E-state index contributed by atoms with van der Waals surface area (Å²) in [5, 5.41) is 2.08. The first-order chi connectivity index (χ1) is 14.6. The number of piperazine rings is 1. The van der Waals surface area contributed by atoms with Gasteiger partial charge in [-0.2, -0.15) is 13.2 Å². The Labute approximate surface area is 184 Å². The molecule has 11 heteroatoms. The minimum Gasteiger partial charge on any atom is -0.378 e. The van der Waals surface area contributed by atoms with Crippen molar-refractivity contribution >= 4 is 29.1 Å². The molecule has 31 heavy (non-hydrogen) atoms. The zero-order valence-corrected chi connectivity index (χ0v) is 18.0. The van der Waals surface area contributed by atoms with E-state index in [9.17, 15) is 22.8 Å². The minimum atomic E-state index is -4.59. The Kier molecular flexibility index (Phi) is 7.79. The molecule has 0 aromatic heterocycles. The number of carbonyl (C=O) groups is 2. The molecule has 2 aliphatic rings. The van der Waals surface area contributed by atoms with Gasteiger partial charge < -0.3 is 15.0 Å². The SMILES string of the molecule is CC(C(=O)N1CCOCC1)N1CCN(CC(=O)Nc2ccc(Cl)c(C(F)(F)F)c2)CC1. The van der Waals surface area contributed by atoms with Crippen molar-refractivity contribution in [2.45, 2.75) is 19.1 Å². The highest BCUT2D eigenvalue weighted by atomic mass is 35.5. The van der Waals surface area contributed by atoms with E-state index in [4.69, 9.17) is 16.3 Å². The number of alkyl halides is 3. The van der Waals surface area contributed by atoms with Crippen LogP contribution in [0.5, 0.6) is 0 Å². The molecule has 2 amide bonds. The smallest absolute Gasteiger partial charge is 0.378 e. The predicted molar refractivity (Wildman–Crippen MR) is 110 cm³/mol. The number of hydrogen-bond donors (Lipinski definition) is 1. The monoisotopic (exact) mass is 462 g/mol. The average molecular weight is 463 g/mol. The molecule has 2 heterocycles. The molecule has 1 aromatic carbocycles. The van der Waals surface area contributed by atoms with Crippen LogP contribution in [-0.4, -0.2) is 91.6 Å². The summed E-state index contributed by atoms with van der Waals surface area (Å²) in [5.41, 5.74) is -0.940. The van der Waals surface area contributed by atoms with Crippen molar-refractivity contribution in [2.24, 2.45) is 0 Å². The molecule has 1 atom stereocenters. The van der Waals surface area contributed by atoms with Gasteiger partial charge in [-0.15, -0.1) is 0 Å². The van der Waals surface area contributed by atoms with E-state index in [1.165, 1.54) is 6.07 Å². The van der Waals surface area contributed by atoms with Crippen LogP contribution in [0.25, 0.3) is 0 Å². The topological polar surface area (TPSA) is 65.1 Å². The Hall–Kier alpha value is -1.88. The van der Waals surface area contributed by atoms with E-state index in [1.807, 2.05) is 16.7 Å².